The zero-order valence-corrected chi connectivity index (χ0v) is 30.1. The maximum Gasteiger partial charge on any atom is 0.236 e. The first-order valence-electron chi connectivity index (χ1n) is 18.6. The molecule has 0 unspecified atom stereocenters. The highest BCUT2D eigenvalue weighted by Crippen LogP contribution is 2.46. The van der Waals surface area contributed by atoms with Crippen molar-refractivity contribution in [3.63, 3.8) is 0 Å². The van der Waals surface area contributed by atoms with Crippen LogP contribution in [0.25, 0.3) is 124 Å². The van der Waals surface area contributed by atoms with Crippen molar-refractivity contribution >= 4 is 118 Å². The zero-order valence-electron chi connectivity index (χ0n) is 29.2. The molecular weight excluding hydrogens is 691 g/mol. The maximum absolute atomic E-state index is 6.41. The second-order valence-electron chi connectivity index (χ2n) is 14.5. The molecular formula is C50H27N3OS. The highest BCUT2D eigenvalue weighted by Gasteiger charge is 2.24. The Balaban J connectivity index is 1.24. The predicted molar refractivity (Wildman–Crippen MR) is 232 cm³/mol. The number of nitrogens with zero attached hydrogens (tertiary/aromatic N) is 3. The fourth-order valence-electron chi connectivity index (χ4n) is 9.28. The lowest BCUT2D eigenvalue weighted by molar-refractivity contribution is 0.669. The van der Waals surface area contributed by atoms with Crippen LogP contribution in [0.4, 0.5) is 0 Å². The third kappa shape index (κ3) is 3.94. The van der Waals surface area contributed by atoms with Crippen molar-refractivity contribution < 1.29 is 4.42 Å². The molecule has 0 amide bonds. The number of para-hydroxylation sites is 1. The first kappa shape index (κ1) is 29.4. The van der Waals surface area contributed by atoms with Gasteiger partial charge in [0.2, 0.25) is 5.95 Å². The van der Waals surface area contributed by atoms with Gasteiger partial charge in [0.05, 0.1) is 16.7 Å². The molecule has 254 valence electrons. The maximum atomic E-state index is 6.41. The Labute approximate surface area is 317 Å². The van der Waals surface area contributed by atoms with E-state index >= 15 is 0 Å². The first-order valence-corrected chi connectivity index (χ1v) is 19.4. The van der Waals surface area contributed by atoms with Crippen molar-refractivity contribution in [3.8, 4) is 17.2 Å². The average Bonchev–Trinajstić information content (AvgIpc) is 3.92. The lowest BCUT2D eigenvalue weighted by Gasteiger charge is -2.13. The molecule has 0 saturated heterocycles. The summed E-state index contributed by atoms with van der Waals surface area (Å²) in [6.45, 7) is 0. The Morgan fingerprint density at radius 3 is 1.87 bits per heavy atom. The van der Waals surface area contributed by atoms with Crippen molar-refractivity contribution in [2.24, 2.45) is 0 Å². The molecule has 13 aromatic rings. The van der Waals surface area contributed by atoms with E-state index in [1.54, 1.807) is 11.3 Å². The average molecular weight is 718 g/mol. The van der Waals surface area contributed by atoms with Crippen LogP contribution in [-0.4, -0.2) is 14.5 Å². The molecule has 55 heavy (non-hydrogen) atoms. The van der Waals surface area contributed by atoms with Gasteiger partial charge < -0.3 is 4.42 Å². The minimum absolute atomic E-state index is 0.651. The smallest absolute Gasteiger partial charge is 0.236 e. The Morgan fingerprint density at radius 2 is 1.05 bits per heavy atom. The molecule has 0 aliphatic rings. The van der Waals surface area contributed by atoms with E-state index in [-0.39, 0.29) is 0 Å². The lowest BCUT2D eigenvalue weighted by atomic mass is 9.91. The molecule has 4 nitrogen and oxygen atoms in total. The molecule has 0 aliphatic carbocycles. The monoisotopic (exact) mass is 717 g/mol. The number of benzene rings is 9. The number of hydrogen-bond acceptors (Lipinski definition) is 4. The van der Waals surface area contributed by atoms with Gasteiger partial charge in [0.1, 0.15) is 16.0 Å². The molecule has 0 radical (unpaired) electrons. The topological polar surface area (TPSA) is 43.9 Å². The van der Waals surface area contributed by atoms with Gasteiger partial charge in [0, 0.05) is 48.0 Å². The van der Waals surface area contributed by atoms with Crippen molar-refractivity contribution in [1.82, 2.24) is 14.5 Å². The molecule has 13 rings (SSSR count). The molecule has 0 N–H and O–H groups in total. The highest BCUT2D eigenvalue weighted by atomic mass is 32.1. The molecule has 0 fully saturated rings. The summed E-state index contributed by atoms with van der Waals surface area (Å²) in [7, 11) is 0. The van der Waals surface area contributed by atoms with E-state index in [0.717, 1.165) is 59.8 Å². The third-order valence-electron chi connectivity index (χ3n) is 11.6. The zero-order chi connectivity index (χ0) is 35.8. The van der Waals surface area contributed by atoms with Gasteiger partial charge in [-0.15, -0.1) is 11.3 Å². The molecule has 0 saturated carbocycles. The van der Waals surface area contributed by atoms with Gasteiger partial charge in [0.15, 0.2) is 0 Å². The van der Waals surface area contributed by atoms with Gasteiger partial charge in [-0.2, -0.15) is 0 Å². The fourth-order valence-corrected chi connectivity index (χ4v) is 10.4. The van der Waals surface area contributed by atoms with Crippen molar-refractivity contribution in [2.45, 2.75) is 0 Å². The summed E-state index contributed by atoms with van der Waals surface area (Å²) in [6.07, 6.45) is 0. The van der Waals surface area contributed by atoms with E-state index in [0.29, 0.717) is 5.95 Å². The second kappa shape index (κ2) is 10.8. The molecule has 0 atom stereocenters. The Hall–Kier alpha value is -7.08. The molecule has 4 heterocycles. The van der Waals surface area contributed by atoms with Crippen LogP contribution in [0.1, 0.15) is 0 Å². The summed E-state index contributed by atoms with van der Waals surface area (Å²) in [6, 6.07) is 58.8. The van der Waals surface area contributed by atoms with Gasteiger partial charge in [0.25, 0.3) is 0 Å². The lowest BCUT2D eigenvalue weighted by Crippen LogP contribution is -2.03. The SMILES string of the molecule is c1ccc2cc3c(cc2c1)c1c2c4ccccc4c4ccccc4c2ccc1n3-c1nc(-c2cccc3oc4ccccc4c23)c2c(n1)sc1ccccc12. The van der Waals surface area contributed by atoms with Crippen LogP contribution in [0, 0.1) is 0 Å². The summed E-state index contributed by atoms with van der Waals surface area (Å²) in [5.74, 6) is 0.651. The quantitative estimate of drug-likeness (QED) is 0.167. The Bertz CT molecular complexity index is 3760. The first-order chi connectivity index (χ1) is 27.3. The Morgan fingerprint density at radius 1 is 0.418 bits per heavy atom. The van der Waals surface area contributed by atoms with Gasteiger partial charge >= 0.3 is 0 Å². The molecule has 0 aliphatic heterocycles. The van der Waals surface area contributed by atoms with Crippen LogP contribution in [0.15, 0.2) is 168 Å². The number of furan rings is 1. The van der Waals surface area contributed by atoms with Crippen LogP contribution >= 0.6 is 11.3 Å². The van der Waals surface area contributed by atoms with E-state index in [9.17, 15) is 0 Å². The minimum atomic E-state index is 0.651. The van der Waals surface area contributed by atoms with Gasteiger partial charge in [-0.05, 0) is 74.1 Å². The van der Waals surface area contributed by atoms with Crippen LogP contribution in [0.3, 0.4) is 0 Å². The van der Waals surface area contributed by atoms with Crippen LogP contribution in [-0.2, 0) is 0 Å². The van der Waals surface area contributed by atoms with Gasteiger partial charge in [-0.3, -0.25) is 4.57 Å². The third-order valence-corrected chi connectivity index (χ3v) is 12.7. The summed E-state index contributed by atoms with van der Waals surface area (Å²) >= 11 is 1.72. The number of aromatic nitrogens is 3. The number of thiophene rings is 1. The predicted octanol–water partition coefficient (Wildman–Crippen LogP) is 14.1. The largest absolute Gasteiger partial charge is 0.456 e. The van der Waals surface area contributed by atoms with E-state index < -0.39 is 0 Å². The number of fused-ring (bicyclic) bond motifs is 17. The van der Waals surface area contributed by atoms with Gasteiger partial charge in [-0.25, -0.2) is 9.97 Å². The van der Waals surface area contributed by atoms with Crippen LogP contribution in [0.5, 0.6) is 0 Å². The Kier molecular flexibility index (Phi) is 5.74. The van der Waals surface area contributed by atoms with Crippen LogP contribution < -0.4 is 0 Å². The summed E-state index contributed by atoms with van der Waals surface area (Å²) in [4.78, 5) is 12.1. The van der Waals surface area contributed by atoms with Crippen molar-refractivity contribution in [1.29, 1.82) is 0 Å². The summed E-state index contributed by atoms with van der Waals surface area (Å²) in [5.41, 5.74) is 5.82. The fraction of sp³-hybridized carbons (Fsp3) is 0. The van der Waals surface area contributed by atoms with Crippen molar-refractivity contribution in [2.75, 3.05) is 0 Å². The van der Waals surface area contributed by atoms with Crippen molar-refractivity contribution in [3.05, 3.63) is 164 Å². The molecule has 9 aromatic carbocycles. The molecule has 0 bridgehead atoms. The van der Waals surface area contributed by atoms with Gasteiger partial charge in [-0.1, -0.05) is 127 Å². The minimum Gasteiger partial charge on any atom is -0.456 e. The molecule has 0 spiro atoms. The van der Waals surface area contributed by atoms with E-state index in [1.807, 2.05) is 12.1 Å². The van der Waals surface area contributed by atoms with E-state index in [1.165, 1.54) is 58.6 Å². The summed E-state index contributed by atoms with van der Waals surface area (Å²) in [5, 5.41) is 16.7. The second-order valence-corrected chi connectivity index (χ2v) is 15.5. The number of hydrogen-bond donors (Lipinski definition) is 0. The number of rotatable bonds is 2. The molecule has 5 heteroatoms. The summed E-state index contributed by atoms with van der Waals surface area (Å²) < 4.78 is 9.91. The molecule has 4 aromatic heterocycles. The highest BCUT2D eigenvalue weighted by molar-refractivity contribution is 7.25. The standard InChI is InChI=1S/C50H27N3OS/c1-2-13-29-27-40-38(26-28(29)12-1)46-39(25-24-34-32-16-4-3-14-30(32)31-15-5-6-17-33(31)45(34)46)53(40)50-51-48(47-36-19-8-10-23-43(36)55-49(47)52-50)37-20-11-22-42-44(37)35-18-7-9-21-41(35)54-42/h1-27H. The van der Waals surface area contributed by atoms with E-state index in [4.69, 9.17) is 14.4 Å². The van der Waals surface area contributed by atoms with E-state index in [2.05, 4.69) is 156 Å². The van der Waals surface area contributed by atoms with Crippen LogP contribution in [0.2, 0.25) is 0 Å². The normalized spacial score (nSPS) is 12.4.